The molecule has 0 aliphatic carbocycles. The Morgan fingerprint density at radius 2 is 1.88 bits per heavy atom. The second kappa shape index (κ2) is 11.2. The van der Waals surface area contributed by atoms with Gasteiger partial charge in [0.2, 0.25) is 0 Å². The number of phosphoric acid groups is 1. The highest BCUT2D eigenvalue weighted by atomic mass is 32.5. The van der Waals surface area contributed by atoms with Gasteiger partial charge in [-0.25, -0.2) is 23.9 Å². The molecule has 6 heterocycles. The highest BCUT2D eigenvalue weighted by molar-refractivity contribution is 8.07. The average Bonchev–Trinajstić information content (AvgIpc) is 3.62. The van der Waals surface area contributed by atoms with Crippen LogP contribution in [0.5, 0.6) is 0 Å². The van der Waals surface area contributed by atoms with Gasteiger partial charge >= 0.3 is 14.5 Å². The number of hydrogen-bond acceptors (Lipinski definition) is 14. The number of halogens is 1. The summed E-state index contributed by atoms with van der Waals surface area (Å²) in [6.45, 7) is -5.16. The zero-order valence-corrected chi connectivity index (χ0v) is 23.9. The van der Waals surface area contributed by atoms with Crippen LogP contribution in [-0.4, -0.2) is 84.0 Å². The van der Waals surface area contributed by atoms with E-state index in [1.807, 2.05) is 0 Å². The molecule has 0 spiro atoms. The fourth-order valence-electron chi connectivity index (χ4n) is 4.93. The number of alkyl halides is 1. The third kappa shape index (κ3) is 5.82. The van der Waals surface area contributed by atoms with Gasteiger partial charge in [-0.05, 0) is 29.5 Å². The predicted octanol–water partition coefficient (Wildman–Crippen LogP) is 0.802. The van der Waals surface area contributed by atoms with Crippen LogP contribution in [-0.2, 0) is 43.9 Å². The maximum Gasteiger partial charge on any atom is 0.472 e. The minimum atomic E-state index is -4.93. The van der Waals surface area contributed by atoms with Gasteiger partial charge in [-0.3, -0.25) is 23.4 Å². The van der Waals surface area contributed by atoms with Gasteiger partial charge in [0.25, 0.3) is 5.91 Å². The molecule has 3 aliphatic rings. The molecule has 42 heavy (non-hydrogen) atoms. The van der Waals surface area contributed by atoms with Crippen LogP contribution >= 0.6 is 14.5 Å². The summed E-state index contributed by atoms with van der Waals surface area (Å²) in [5.74, 6) is -0.699. The van der Waals surface area contributed by atoms with Crippen LogP contribution in [0.2, 0.25) is 0 Å². The first-order chi connectivity index (χ1) is 19.9. The number of primary amides is 1. The Morgan fingerprint density at radius 1 is 1.10 bits per heavy atom. The van der Waals surface area contributed by atoms with E-state index in [0.29, 0.717) is 5.56 Å². The van der Waals surface area contributed by atoms with Gasteiger partial charge in [0.15, 0.2) is 23.9 Å². The largest absolute Gasteiger partial charge is 0.472 e. The molecule has 9 atom stereocenters. The number of rotatable bonds is 3. The van der Waals surface area contributed by atoms with E-state index in [2.05, 4.69) is 19.9 Å². The first kappa shape index (κ1) is 29.5. The van der Waals surface area contributed by atoms with Gasteiger partial charge in [0.1, 0.15) is 35.8 Å². The van der Waals surface area contributed by atoms with E-state index in [4.69, 9.17) is 50.8 Å². The second-order valence-corrected chi connectivity index (χ2v) is 13.8. The van der Waals surface area contributed by atoms with E-state index in [1.165, 1.54) is 23.2 Å². The highest BCUT2D eigenvalue weighted by Gasteiger charge is 2.52. The zero-order valence-electron chi connectivity index (χ0n) is 21.3. The van der Waals surface area contributed by atoms with E-state index >= 15 is 4.39 Å². The van der Waals surface area contributed by atoms with Gasteiger partial charge in [0.05, 0.1) is 31.7 Å². The first-order valence-electron chi connectivity index (χ1n) is 12.4. The third-order valence-corrected chi connectivity index (χ3v) is 9.44. The molecule has 3 aromatic heterocycles. The lowest BCUT2D eigenvalue weighted by atomic mass is 10.0. The molecule has 21 heteroatoms. The van der Waals surface area contributed by atoms with Crippen molar-refractivity contribution in [2.24, 2.45) is 5.73 Å². The number of amides is 1. The average molecular weight is 647 g/mol. The fourth-order valence-corrected chi connectivity index (χ4v) is 7.36. The Bertz CT molecular complexity index is 1620. The van der Waals surface area contributed by atoms with Gasteiger partial charge in [-0.15, -0.1) is 0 Å². The molecule has 1 amide bonds. The number of ether oxygens (including phenoxy) is 2. The number of aromatic nitrogens is 5. The lowest BCUT2D eigenvalue weighted by molar-refractivity contribution is -0.0566. The number of nitrogens with two attached hydrogens (primary N) is 2. The number of hydrogen-bond donors (Lipinski definition) is 4. The van der Waals surface area contributed by atoms with E-state index in [0.717, 1.165) is 6.33 Å². The molecule has 6 N–H and O–H groups in total. The van der Waals surface area contributed by atoms with Crippen LogP contribution in [0.15, 0.2) is 31.0 Å². The molecule has 3 aromatic rings. The topological polar surface area (TPSA) is 239 Å². The minimum Gasteiger partial charge on any atom is -0.382 e. The van der Waals surface area contributed by atoms with Crippen molar-refractivity contribution in [2.75, 3.05) is 18.9 Å². The lowest BCUT2D eigenvalue weighted by Gasteiger charge is -2.28. The van der Waals surface area contributed by atoms with Crippen LogP contribution < -0.4 is 11.5 Å². The molecule has 6 rings (SSSR count). The monoisotopic (exact) mass is 647 g/mol. The van der Waals surface area contributed by atoms with Crippen molar-refractivity contribution in [3.63, 3.8) is 0 Å². The van der Waals surface area contributed by atoms with Crippen molar-refractivity contribution in [1.29, 1.82) is 0 Å². The number of nitrogen functional groups attached to an aromatic ring is 1. The fraction of sp³-hybridized carbons (Fsp3) is 0.476. The standard InChI is InChI=1S/C21H24FN7O10P2S/c22-15-17-14(37-21(15)29-8-28-16-18(23)26-7-27-20(16)29)6-35-41(33,42)38-12-4-11(9-1-2-25-10(3-9)19(24)30)36-13(12)5-34-40(31,32)39-17/h1-3,7-8,11-15,17,21H,4-6H2,(H2,24,30)(H,31,32)(H,33,42)(H2,23,26,27)/t11-,12+,13-,14-,15-,17-,21-,41?/m1/s1. The van der Waals surface area contributed by atoms with Crippen molar-refractivity contribution in [1.82, 2.24) is 24.5 Å². The number of anilines is 1. The summed E-state index contributed by atoms with van der Waals surface area (Å²) < 4.78 is 63.4. The van der Waals surface area contributed by atoms with E-state index in [1.54, 1.807) is 6.07 Å². The molecule has 0 bridgehead atoms. The molecule has 2 unspecified atom stereocenters. The summed E-state index contributed by atoms with van der Waals surface area (Å²) in [5.41, 5.74) is 12.0. The molecule has 226 valence electrons. The number of nitrogens with zero attached hydrogens (tertiary/aromatic N) is 5. The Labute approximate surface area is 241 Å². The van der Waals surface area contributed by atoms with Crippen molar-refractivity contribution < 1.29 is 51.1 Å². The van der Waals surface area contributed by atoms with Crippen LogP contribution in [0.25, 0.3) is 11.2 Å². The summed E-state index contributed by atoms with van der Waals surface area (Å²) in [5, 5.41) is 0. The van der Waals surface area contributed by atoms with Gasteiger partial charge in [0, 0.05) is 12.6 Å². The predicted molar refractivity (Wildman–Crippen MR) is 142 cm³/mol. The van der Waals surface area contributed by atoms with Gasteiger partial charge in [-0.1, -0.05) is 0 Å². The maximum atomic E-state index is 15.8. The van der Waals surface area contributed by atoms with Crippen LogP contribution in [0.1, 0.15) is 34.8 Å². The molecule has 0 radical (unpaired) electrons. The van der Waals surface area contributed by atoms with Gasteiger partial charge < -0.3 is 39.8 Å². The molecule has 0 saturated carbocycles. The molecule has 3 fully saturated rings. The Kier molecular flexibility index (Phi) is 7.86. The van der Waals surface area contributed by atoms with Crippen LogP contribution in [0.4, 0.5) is 10.2 Å². The molecular formula is C21H24FN7O10P2S. The normalized spacial score (nSPS) is 37.5. The first-order valence-corrected chi connectivity index (χ1v) is 16.4. The summed E-state index contributed by atoms with van der Waals surface area (Å²) in [6.07, 6.45) is -5.48. The summed E-state index contributed by atoms with van der Waals surface area (Å²) >= 11 is 5.19. The van der Waals surface area contributed by atoms with E-state index in [-0.39, 0.29) is 29.1 Å². The second-order valence-electron chi connectivity index (χ2n) is 9.57. The van der Waals surface area contributed by atoms with Crippen molar-refractivity contribution in [3.8, 4) is 0 Å². The molecular weight excluding hydrogens is 623 g/mol. The van der Waals surface area contributed by atoms with Crippen LogP contribution in [0, 0.1) is 0 Å². The Hall–Kier alpha value is -2.54. The number of imidazole rings is 1. The molecule has 3 aliphatic heterocycles. The van der Waals surface area contributed by atoms with Crippen molar-refractivity contribution >= 4 is 49.2 Å². The third-order valence-electron chi connectivity index (χ3n) is 6.86. The lowest BCUT2D eigenvalue weighted by Crippen LogP contribution is -2.35. The summed E-state index contributed by atoms with van der Waals surface area (Å²) in [4.78, 5) is 48.8. The SMILES string of the molecule is NC(=O)c1cc([C@H]2C[C@@H]3OP(O)(=S)OC[C@H]4O[C@@H](n5cnc6c(N)ncnc65)[C@H](F)[C@@H]4OP(=O)(O)OC[C@H]3O2)ccn1. The Balaban J connectivity index is 1.24. The number of phosphoric ester groups is 1. The smallest absolute Gasteiger partial charge is 0.382 e. The van der Waals surface area contributed by atoms with Crippen molar-refractivity contribution in [3.05, 3.63) is 42.2 Å². The summed E-state index contributed by atoms with van der Waals surface area (Å²) in [6, 6.07) is 3.00. The molecule has 17 nitrogen and oxygen atoms in total. The molecule has 3 saturated heterocycles. The van der Waals surface area contributed by atoms with Gasteiger partial charge in [-0.2, -0.15) is 0 Å². The maximum absolute atomic E-state index is 15.8. The quantitative estimate of drug-likeness (QED) is 0.288. The number of carbonyl (C=O) groups excluding carboxylic acids is 1. The highest BCUT2D eigenvalue weighted by Crippen LogP contribution is 2.54. The summed E-state index contributed by atoms with van der Waals surface area (Å²) in [7, 11) is -4.93. The molecule has 0 aromatic carbocycles. The zero-order chi connectivity index (χ0) is 29.8. The number of carbonyl (C=O) groups is 1. The van der Waals surface area contributed by atoms with Crippen LogP contribution in [0.3, 0.4) is 0 Å². The number of fused-ring (bicyclic) bond motifs is 3. The minimum absolute atomic E-state index is 0.00625. The number of pyridine rings is 1. The van der Waals surface area contributed by atoms with E-state index < -0.39 is 76.6 Å². The Morgan fingerprint density at radius 3 is 2.67 bits per heavy atom. The van der Waals surface area contributed by atoms with E-state index in [9.17, 15) is 19.1 Å². The van der Waals surface area contributed by atoms with Crippen molar-refractivity contribution in [2.45, 2.75) is 49.3 Å².